The smallest absolute Gasteiger partial charge is 0.272 e. The fourth-order valence-corrected chi connectivity index (χ4v) is 3.13. The Hall–Kier alpha value is -2.70. The summed E-state index contributed by atoms with van der Waals surface area (Å²) in [5.41, 5.74) is 1.44. The van der Waals surface area contributed by atoms with Gasteiger partial charge in [-0.05, 0) is 36.8 Å². The van der Waals surface area contributed by atoms with Crippen LogP contribution in [0.5, 0.6) is 0 Å². The van der Waals surface area contributed by atoms with Crippen LogP contribution in [0.25, 0.3) is 0 Å². The molecule has 0 unspecified atom stereocenters. The summed E-state index contributed by atoms with van der Waals surface area (Å²) >= 11 is 0. The summed E-state index contributed by atoms with van der Waals surface area (Å²) in [7, 11) is 1.81. The zero-order valence-electron chi connectivity index (χ0n) is 15.9. The highest BCUT2D eigenvalue weighted by atomic mass is 19.1. The van der Waals surface area contributed by atoms with E-state index >= 15 is 0 Å². The van der Waals surface area contributed by atoms with Gasteiger partial charge in [-0.25, -0.2) is 14.4 Å². The van der Waals surface area contributed by atoms with Crippen LogP contribution in [0.2, 0.25) is 0 Å². The molecule has 2 aromatic rings. The van der Waals surface area contributed by atoms with E-state index in [0.29, 0.717) is 11.6 Å². The number of hydrogen-bond acceptors (Lipinski definition) is 5. The van der Waals surface area contributed by atoms with Crippen LogP contribution in [0, 0.1) is 5.82 Å². The summed E-state index contributed by atoms with van der Waals surface area (Å²) in [5, 5.41) is 0. The van der Waals surface area contributed by atoms with E-state index in [1.807, 2.05) is 0 Å². The molecule has 1 fully saturated rings. The number of unbranched alkanes of at least 4 members (excludes halogenated alkanes) is 1. The average molecular weight is 371 g/mol. The largest absolute Gasteiger partial charge is 0.368 e. The van der Waals surface area contributed by atoms with E-state index in [1.54, 1.807) is 36.3 Å². The van der Waals surface area contributed by atoms with E-state index < -0.39 is 0 Å². The van der Waals surface area contributed by atoms with Crippen molar-refractivity contribution in [1.29, 1.82) is 0 Å². The van der Waals surface area contributed by atoms with Crippen molar-refractivity contribution in [3.05, 3.63) is 48.0 Å². The summed E-state index contributed by atoms with van der Waals surface area (Å²) in [6, 6.07) is 8.23. The molecule has 144 valence electrons. The van der Waals surface area contributed by atoms with Crippen LogP contribution in [0.3, 0.4) is 0 Å². The molecule has 27 heavy (non-hydrogen) atoms. The molecule has 7 heteroatoms. The Bertz CT molecular complexity index is 759. The number of anilines is 2. The van der Waals surface area contributed by atoms with Gasteiger partial charge in [0.2, 0.25) is 5.95 Å². The number of halogens is 1. The second-order valence-corrected chi connectivity index (χ2v) is 6.77. The summed E-state index contributed by atoms with van der Waals surface area (Å²) in [5.74, 6) is 0.289. The van der Waals surface area contributed by atoms with Gasteiger partial charge in [0.25, 0.3) is 5.91 Å². The molecule has 1 aromatic carbocycles. The first kappa shape index (κ1) is 19.1. The Morgan fingerprint density at radius 3 is 2.44 bits per heavy atom. The van der Waals surface area contributed by atoms with Crippen molar-refractivity contribution in [1.82, 2.24) is 14.9 Å². The molecule has 0 spiro atoms. The predicted octanol–water partition coefficient (Wildman–Crippen LogP) is 2.81. The Morgan fingerprint density at radius 1 is 1.11 bits per heavy atom. The summed E-state index contributed by atoms with van der Waals surface area (Å²) in [6.07, 6.45) is 3.67. The minimum atomic E-state index is -0.226. The summed E-state index contributed by atoms with van der Waals surface area (Å²) < 4.78 is 13.1. The van der Waals surface area contributed by atoms with Crippen LogP contribution in [-0.2, 0) is 0 Å². The van der Waals surface area contributed by atoms with Gasteiger partial charge in [-0.3, -0.25) is 4.79 Å². The molecule has 6 nitrogen and oxygen atoms in total. The topological polar surface area (TPSA) is 52.6 Å². The minimum absolute atomic E-state index is 0.0722. The van der Waals surface area contributed by atoms with Crippen LogP contribution in [-0.4, -0.2) is 60.5 Å². The molecule has 1 saturated heterocycles. The third kappa shape index (κ3) is 4.72. The van der Waals surface area contributed by atoms with E-state index in [4.69, 9.17) is 0 Å². The third-order valence-electron chi connectivity index (χ3n) is 4.81. The average Bonchev–Trinajstić information content (AvgIpc) is 2.72. The van der Waals surface area contributed by atoms with Crippen molar-refractivity contribution in [2.45, 2.75) is 19.8 Å². The zero-order valence-corrected chi connectivity index (χ0v) is 15.9. The van der Waals surface area contributed by atoms with Crippen LogP contribution in [0.4, 0.5) is 16.0 Å². The molecular formula is C20H26FN5O. The quantitative estimate of drug-likeness (QED) is 0.782. The molecule has 0 N–H and O–H groups in total. The lowest BCUT2D eigenvalue weighted by molar-refractivity contribution is 0.0787. The minimum Gasteiger partial charge on any atom is -0.368 e. The van der Waals surface area contributed by atoms with Crippen LogP contribution in [0.1, 0.15) is 30.3 Å². The number of carbonyl (C=O) groups is 1. The zero-order chi connectivity index (χ0) is 19.2. The molecule has 0 aliphatic carbocycles. The molecule has 0 saturated carbocycles. The molecule has 3 rings (SSSR count). The molecule has 1 amide bonds. The van der Waals surface area contributed by atoms with Gasteiger partial charge < -0.3 is 14.7 Å². The maximum Gasteiger partial charge on any atom is 0.272 e. The van der Waals surface area contributed by atoms with Gasteiger partial charge in [0.1, 0.15) is 11.5 Å². The van der Waals surface area contributed by atoms with E-state index in [9.17, 15) is 9.18 Å². The van der Waals surface area contributed by atoms with Gasteiger partial charge in [-0.15, -0.1) is 0 Å². The fourth-order valence-electron chi connectivity index (χ4n) is 3.13. The normalized spacial score (nSPS) is 14.3. The molecule has 2 heterocycles. The number of nitrogens with zero attached hydrogens (tertiary/aromatic N) is 5. The summed E-state index contributed by atoms with van der Waals surface area (Å²) in [4.78, 5) is 27.4. The fraction of sp³-hybridized carbons (Fsp3) is 0.450. The molecule has 0 radical (unpaired) electrons. The molecule has 1 aliphatic rings. The van der Waals surface area contributed by atoms with Crippen LogP contribution < -0.4 is 9.80 Å². The van der Waals surface area contributed by atoms with Gasteiger partial charge in [0.15, 0.2) is 0 Å². The number of rotatable bonds is 6. The monoisotopic (exact) mass is 371 g/mol. The first-order valence-electron chi connectivity index (χ1n) is 9.42. The van der Waals surface area contributed by atoms with Crippen molar-refractivity contribution < 1.29 is 9.18 Å². The lowest BCUT2D eigenvalue weighted by Gasteiger charge is -2.36. The molecular weight excluding hydrogens is 345 g/mol. The standard InChI is InChI=1S/C20H26FN5O/c1-3-4-11-24(2)19(27)18-9-10-22-20(23-18)26-14-12-25(13-15-26)17-7-5-16(21)6-8-17/h5-10H,3-4,11-15H2,1-2H3. The number of piperazine rings is 1. The number of carbonyl (C=O) groups excluding carboxylic acids is 1. The van der Waals surface area contributed by atoms with Crippen molar-refractivity contribution in [3.63, 3.8) is 0 Å². The van der Waals surface area contributed by atoms with Gasteiger partial charge in [0, 0.05) is 51.7 Å². The second-order valence-electron chi connectivity index (χ2n) is 6.77. The van der Waals surface area contributed by atoms with Crippen LogP contribution in [0.15, 0.2) is 36.5 Å². The van der Waals surface area contributed by atoms with Gasteiger partial charge >= 0.3 is 0 Å². The Labute approximate surface area is 159 Å². The Kier molecular flexibility index (Phi) is 6.21. The van der Waals surface area contributed by atoms with Crippen molar-refractivity contribution in [2.75, 3.05) is 49.6 Å². The van der Waals surface area contributed by atoms with Gasteiger partial charge in [-0.2, -0.15) is 0 Å². The highest BCUT2D eigenvalue weighted by Crippen LogP contribution is 2.19. The number of hydrogen-bond donors (Lipinski definition) is 0. The lowest BCUT2D eigenvalue weighted by atomic mass is 10.2. The number of benzene rings is 1. The third-order valence-corrected chi connectivity index (χ3v) is 4.81. The predicted molar refractivity (Wildman–Crippen MR) is 105 cm³/mol. The molecule has 0 bridgehead atoms. The maximum atomic E-state index is 13.1. The van der Waals surface area contributed by atoms with E-state index in [1.165, 1.54) is 12.1 Å². The molecule has 0 atom stereocenters. The van der Waals surface area contributed by atoms with E-state index in [2.05, 4.69) is 26.7 Å². The van der Waals surface area contributed by atoms with Crippen molar-refractivity contribution in [2.24, 2.45) is 0 Å². The number of amides is 1. The lowest BCUT2D eigenvalue weighted by Crippen LogP contribution is -2.47. The van der Waals surface area contributed by atoms with E-state index in [0.717, 1.165) is 51.3 Å². The molecule has 1 aromatic heterocycles. The van der Waals surface area contributed by atoms with Crippen molar-refractivity contribution >= 4 is 17.5 Å². The molecule has 1 aliphatic heterocycles. The highest BCUT2D eigenvalue weighted by molar-refractivity contribution is 5.92. The summed E-state index contributed by atoms with van der Waals surface area (Å²) in [6.45, 7) is 5.92. The second kappa shape index (κ2) is 8.79. The van der Waals surface area contributed by atoms with Gasteiger partial charge in [-0.1, -0.05) is 13.3 Å². The maximum absolute atomic E-state index is 13.1. The Balaban J connectivity index is 1.63. The first-order chi connectivity index (χ1) is 13.1. The number of aromatic nitrogens is 2. The van der Waals surface area contributed by atoms with E-state index in [-0.39, 0.29) is 11.7 Å². The first-order valence-corrected chi connectivity index (χ1v) is 9.42. The Morgan fingerprint density at radius 2 is 1.78 bits per heavy atom. The SMILES string of the molecule is CCCCN(C)C(=O)c1ccnc(N2CCN(c3ccc(F)cc3)CC2)n1. The highest BCUT2D eigenvalue weighted by Gasteiger charge is 2.21. The van der Waals surface area contributed by atoms with Crippen LogP contribution >= 0.6 is 0 Å². The van der Waals surface area contributed by atoms with Gasteiger partial charge in [0.05, 0.1) is 0 Å². The van der Waals surface area contributed by atoms with Crippen molar-refractivity contribution in [3.8, 4) is 0 Å².